The van der Waals surface area contributed by atoms with Crippen LogP contribution in [-0.4, -0.2) is 39.1 Å². The summed E-state index contributed by atoms with van der Waals surface area (Å²) in [5.41, 5.74) is 3.17. The van der Waals surface area contributed by atoms with Crippen LogP contribution in [0.1, 0.15) is 16.2 Å². The Balaban J connectivity index is 1.68. The highest BCUT2D eigenvalue weighted by Gasteiger charge is 2.28. The predicted molar refractivity (Wildman–Crippen MR) is 87.6 cm³/mol. The van der Waals surface area contributed by atoms with E-state index in [-0.39, 0.29) is 5.91 Å². The molecule has 7 heteroatoms. The van der Waals surface area contributed by atoms with Crippen molar-refractivity contribution >= 4 is 28.7 Å². The van der Waals surface area contributed by atoms with E-state index in [2.05, 4.69) is 10.1 Å². The second-order valence-corrected chi connectivity index (χ2v) is 5.85. The van der Waals surface area contributed by atoms with Crippen molar-refractivity contribution in [3.8, 4) is 0 Å². The number of carbonyl (C=O) groups is 1. The first kappa shape index (κ1) is 14.0. The number of hydrogen-bond acceptors (Lipinski definition) is 4. The molecule has 0 radical (unpaired) electrons. The molecule has 6 nitrogen and oxygen atoms in total. The third-order valence-electron chi connectivity index (χ3n) is 4.01. The molecule has 23 heavy (non-hydrogen) atoms. The summed E-state index contributed by atoms with van der Waals surface area (Å²) in [4.78, 5) is 17.2. The molecular weight excluding hydrogens is 314 g/mol. The minimum absolute atomic E-state index is 0.137. The van der Waals surface area contributed by atoms with Crippen LogP contribution in [0.3, 0.4) is 0 Å². The lowest BCUT2D eigenvalue weighted by molar-refractivity contribution is 0.0731. The second kappa shape index (κ2) is 5.24. The lowest BCUT2D eigenvalue weighted by Crippen LogP contribution is -2.48. The Labute approximate surface area is 137 Å². The first-order chi connectivity index (χ1) is 11.1. The first-order valence-electron chi connectivity index (χ1n) is 7.28. The molecule has 0 atom stereocenters. The maximum Gasteiger partial charge on any atom is 0.292 e. The average molecular weight is 328 g/mol. The largest absolute Gasteiger partial charge is 0.292 e. The van der Waals surface area contributed by atoms with Gasteiger partial charge >= 0.3 is 0 Å². The topological polar surface area (TPSA) is 53.7 Å². The molecule has 0 saturated carbocycles. The van der Waals surface area contributed by atoms with Crippen LogP contribution in [0.2, 0.25) is 5.02 Å². The maximum absolute atomic E-state index is 12.8. The van der Waals surface area contributed by atoms with Gasteiger partial charge in [-0.25, -0.2) is 9.52 Å². The summed E-state index contributed by atoms with van der Waals surface area (Å²) in [5.74, 6) is -0.137. The van der Waals surface area contributed by atoms with Crippen molar-refractivity contribution < 1.29 is 4.79 Å². The first-order valence-corrected chi connectivity index (χ1v) is 7.65. The Morgan fingerprint density at radius 3 is 3.04 bits per heavy atom. The highest BCUT2D eigenvalue weighted by atomic mass is 35.5. The van der Waals surface area contributed by atoms with Crippen LogP contribution >= 0.6 is 11.6 Å². The second-order valence-electron chi connectivity index (χ2n) is 5.42. The van der Waals surface area contributed by atoms with Gasteiger partial charge in [-0.1, -0.05) is 11.6 Å². The molecule has 4 heterocycles. The Morgan fingerprint density at radius 1 is 1.30 bits per heavy atom. The van der Waals surface area contributed by atoms with E-state index in [1.54, 1.807) is 34.1 Å². The number of halogens is 1. The summed E-state index contributed by atoms with van der Waals surface area (Å²) >= 11 is 5.96. The molecule has 0 aliphatic carbocycles. The maximum atomic E-state index is 12.8. The van der Waals surface area contributed by atoms with Crippen LogP contribution in [0.5, 0.6) is 0 Å². The SMILES string of the molecule is CN1c2cccnc2CCN1C(=O)c1cc2ccc(Cl)cn2n1. The Hall–Kier alpha value is -2.60. The van der Waals surface area contributed by atoms with E-state index in [4.69, 9.17) is 11.6 Å². The molecule has 3 aromatic rings. The zero-order chi connectivity index (χ0) is 16.0. The third kappa shape index (κ3) is 2.31. The van der Waals surface area contributed by atoms with E-state index in [0.29, 0.717) is 17.3 Å². The van der Waals surface area contributed by atoms with Crippen molar-refractivity contribution in [2.75, 3.05) is 18.6 Å². The van der Waals surface area contributed by atoms with Crippen molar-refractivity contribution in [1.29, 1.82) is 0 Å². The standard InChI is InChI=1S/C16H14ClN5O/c1-20-15-3-2-7-18-13(15)6-8-22(20)16(23)14-9-12-5-4-11(17)10-21(12)19-14/h2-5,7,9-10H,6,8H2,1H3. The smallest absolute Gasteiger partial charge is 0.284 e. The zero-order valence-corrected chi connectivity index (χ0v) is 13.2. The van der Waals surface area contributed by atoms with E-state index < -0.39 is 0 Å². The van der Waals surface area contributed by atoms with Crippen LogP contribution in [0.25, 0.3) is 5.52 Å². The highest BCUT2D eigenvalue weighted by molar-refractivity contribution is 6.30. The number of nitrogens with zero attached hydrogens (tertiary/aromatic N) is 5. The van der Waals surface area contributed by atoms with E-state index in [1.807, 2.05) is 30.3 Å². The quantitative estimate of drug-likeness (QED) is 0.689. The van der Waals surface area contributed by atoms with Gasteiger partial charge in [0.15, 0.2) is 5.69 Å². The molecule has 0 bridgehead atoms. The van der Waals surface area contributed by atoms with Crippen LogP contribution in [0, 0.1) is 0 Å². The van der Waals surface area contributed by atoms with Gasteiger partial charge in [-0.3, -0.25) is 14.8 Å². The monoisotopic (exact) mass is 327 g/mol. The molecule has 3 aromatic heterocycles. The van der Waals surface area contributed by atoms with Gasteiger partial charge in [-0.2, -0.15) is 5.10 Å². The van der Waals surface area contributed by atoms with Crippen molar-refractivity contribution in [2.24, 2.45) is 0 Å². The van der Waals surface area contributed by atoms with Gasteiger partial charge in [-0.15, -0.1) is 0 Å². The number of hydrogen-bond donors (Lipinski definition) is 0. The molecule has 0 fully saturated rings. The molecule has 0 unspecified atom stereocenters. The fourth-order valence-corrected chi connectivity index (χ4v) is 3.00. The summed E-state index contributed by atoms with van der Waals surface area (Å²) in [5, 5.41) is 8.44. The van der Waals surface area contributed by atoms with Crippen LogP contribution in [-0.2, 0) is 6.42 Å². The Kier molecular flexibility index (Phi) is 3.20. The molecule has 0 spiro atoms. The molecule has 1 amide bonds. The molecule has 116 valence electrons. The van der Waals surface area contributed by atoms with E-state index >= 15 is 0 Å². The van der Waals surface area contributed by atoms with Crippen LogP contribution in [0.15, 0.2) is 42.7 Å². The number of carbonyl (C=O) groups excluding carboxylic acids is 1. The Bertz CT molecular complexity index is 906. The third-order valence-corrected chi connectivity index (χ3v) is 4.24. The minimum Gasteiger partial charge on any atom is -0.284 e. The molecular formula is C16H14ClN5O. The van der Waals surface area contributed by atoms with Gasteiger partial charge in [0, 0.05) is 32.4 Å². The fourth-order valence-electron chi connectivity index (χ4n) is 2.84. The average Bonchev–Trinajstić information content (AvgIpc) is 2.98. The van der Waals surface area contributed by atoms with Crippen molar-refractivity contribution in [1.82, 2.24) is 19.6 Å². The fraction of sp³-hybridized carbons (Fsp3) is 0.188. The number of pyridine rings is 2. The van der Waals surface area contributed by atoms with Gasteiger partial charge in [0.05, 0.1) is 21.9 Å². The van der Waals surface area contributed by atoms with Gasteiger partial charge in [0.25, 0.3) is 5.91 Å². The normalized spacial score (nSPS) is 14.2. The molecule has 1 aliphatic heterocycles. The van der Waals surface area contributed by atoms with Gasteiger partial charge < -0.3 is 0 Å². The molecule has 0 aromatic carbocycles. The zero-order valence-electron chi connectivity index (χ0n) is 12.5. The minimum atomic E-state index is -0.137. The van der Waals surface area contributed by atoms with Crippen molar-refractivity contribution in [2.45, 2.75) is 6.42 Å². The van der Waals surface area contributed by atoms with E-state index in [0.717, 1.165) is 23.3 Å². The van der Waals surface area contributed by atoms with E-state index in [1.165, 1.54) is 0 Å². The number of aromatic nitrogens is 3. The van der Waals surface area contributed by atoms with Gasteiger partial charge in [-0.05, 0) is 30.3 Å². The molecule has 0 saturated heterocycles. The summed E-state index contributed by atoms with van der Waals surface area (Å²) in [6.45, 7) is 0.577. The number of anilines is 1. The number of hydrazine groups is 1. The van der Waals surface area contributed by atoms with Gasteiger partial charge in [0.1, 0.15) is 0 Å². The molecule has 0 N–H and O–H groups in total. The Morgan fingerprint density at radius 2 is 2.17 bits per heavy atom. The summed E-state index contributed by atoms with van der Waals surface area (Å²) in [7, 11) is 1.87. The number of rotatable bonds is 1. The summed E-state index contributed by atoms with van der Waals surface area (Å²) < 4.78 is 1.62. The van der Waals surface area contributed by atoms with Crippen LogP contribution < -0.4 is 5.01 Å². The summed E-state index contributed by atoms with van der Waals surface area (Å²) in [6, 6.07) is 9.22. The lowest BCUT2D eigenvalue weighted by atomic mass is 10.2. The molecule has 1 aliphatic rings. The van der Waals surface area contributed by atoms with Crippen LogP contribution in [0.4, 0.5) is 5.69 Å². The van der Waals surface area contributed by atoms with Gasteiger partial charge in [0.2, 0.25) is 0 Å². The predicted octanol–water partition coefficient (Wildman–Crippen LogP) is 2.43. The van der Waals surface area contributed by atoms with Crippen molar-refractivity contribution in [3.63, 3.8) is 0 Å². The lowest BCUT2D eigenvalue weighted by Gasteiger charge is -2.37. The molecule has 4 rings (SSSR count). The van der Waals surface area contributed by atoms with E-state index in [9.17, 15) is 4.79 Å². The highest BCUT2D eigenvalue weighted by Crippen LogP contribution is 2.25. The van der Waals surface area contributed by atoms with Crippen molar-refractivity contribution in [3.05, 3.63) is 59.1 Å². The summed E-state index contributed by atoms with van der Waals surface area (Å²) in [6.07, 6.45) is 4.19. The number of amides is 1. The number of fused-ring (bicyclic) bond motifs is 2.